The van der Waals surface area contributed by atoms with E-state index in [0.29, 0.717) is 6.54 Å². The number of alkyl carbamates (subject to hydrolysis) is 1. The molecule has 1 amide bonds. The lowest BCUT2D eigenvalue weighted by molar-refractivity contribution is 0.0528. The third-order valence-corrected chi connectivity index (χ3v) is 2.49. The lowest BCUT2D eigenvalue weighted by Crippen LogP contribution is -2.34. The zero-order chi connectivity index (χ0) is 14.7. The molecule has 108 valence electrons. The number of nitrogens with zero attached hydrogens (tertiary/aromatic N) is 2. The molecule has 1 N–H and O–H groups in total. The Hall–Kier alpha value is -1.52. The van der Waals surface area contributed by atoms with Gasteiger partial charge in [-0.15, -0.1) is 0 Å². The van der Waals surface area contributed by atoms with Crippen LogP contribution in [0.1, 0.15) is 47.2 Å². The molecule has 0 unspecified atom stereocenters. The number of carbonyl (C=O) groups excluding carboxylic acids is 1. The average Bonchev–Trinajstić information content (AvgIpc) is 2.62. The highest BCUT2D eigenvalue weighted by Crippen LogP contribution is 2.16. The van der Waals surface area contributed by atoms with Gasteiger partial charge in [0.15, 0.2) is 0 Å². The van der Waals surface area contributed by atoms with Crippen molar-refractivity contribution in [3.8, 4) is 0 Å². The highest BCUT2D eigenvalue weighted by molar-refractivity contribution is 5.67. The number of aromatic nitrogens is 2. The maximum Gasteiger partial charge on any atom is 0.407 e. The van der Waals surface area contributed by atoms with Gasteiger partial charge in [-0.25, -0.2) is 9.78 Å². The van der Waals surface area contributed by atoms with Crippen molar-refractivity contribution in [3.63, 3.8) is 0 Å². The normalized spacial score (nSPS) is 12.3. The molecule has 0 saturated carbocycles. The molecular weight excluding hydrogens is 242 g/mol. The zero-order valence-corrected chi connectivity index (χ0v) is 12.8. The summed E-state index contributed by atoms with van der Waals surface area (Å²) in [5.74, 6) is 0. The van der Waals surface area contributed by atoms with E-state index in [4.69, 9.17) is 4.74 Å². The van der Waals surface area contributed by atoms with E-state index in [2.05, 4.69) is 35.6 Å². The van der Waals surface area contributed by atoms with Gasteiger partial charge in [-0.1, -0.05) is 0 Å². The SMILES string of the molecule is CC(C)(C)OC(=O)NCCc1cncn1C(C)(C)C. The number of rotatable bonds is 3. The van der Waals surface area contributed by atoms with E-state index in [0.717, 1.165) is 12.1 Å². The molecule has 0 fully saturated rings. The Morgan fingerprint density at radius 1 is 1.32 bits per heavy atom. The van der Waals surface area contributed by atoms with Gasteiger partial charge in [-0.2, -0.15) is 0 Å². The van der Waals surface area contributed by atoms with Crippen LogP contribution in [0, 0.1) is 0 Å². The number of ether oxygens (including phenoxy) is 1. The van der Waals surface area contributed by atoms with Crippen molar-refractivity contribution < 1.29 is 9.53 Å². The minimum absolute atomic E-state index is 0.00223. The van der Waals surface area contributed by atoms with Crippen LogP contribution < -0.4 is 5.32 Å². The van der Waals surface area contributed by atoms with Crippen molar-refractivity contribution in [1.29, 1.82) is 0 Å². The largest absolute Gasteiger partial charge is 0.444 e. The number of hydrogen-bond donors (Lipinski definition) is 1. The van der Waals surface area contributed by atoms with Crippen LogP contribution in [0.2, 0.25) is 0 Å². The summed E-state index contributed by atoms with van der Waals surface area (Å²) in [5.41, 5.74) is 0.637. The summed E-state index contributed by atoms with van der Waals surface area (Å²) in [5, 5.41) is 2.75. The van der Waals surface area contributed by atoms with Gasteiger partial charge in [0.05, 0.1) is 6.33 Å². The molecular formula is C14H25N3O2. The van der Waals surface area contributed by atoms with Crippen LogP contribution in [0.5, 0.6) is 0 Å². The summed E-state index contributed by atoms with van der Waals surface area (Å²) in [7, 11) is 0. The first-order valence-electron chi connectivity index (χ1n) is 6.58. The molecule has 0 saturated heterocycles. The summed E-state index contributed by atoms with van der Waals surface area (Å²) < 4.78 is 7.30. The van der Waals surface area contributed by atoms with E-state index in [1.165, 1.54) is 0 Å². The van der Waals surface area contributed by atoms with Gasteiger partial charge in [0.2, 0.25) is 0 Å². The lowest BCUT2D eigenvalue weighted by atomic mass is 10.1. The zero-order valence-electron chi connectivity index (χ0n) is 12.8. The molecule has 0 spiro atoms. The van der Waals surface area contributed by atoms with Crippen molar-refractivity contribution in [2.75, 3.05) is 6.54 Å². The fourth-order valence-corrected chi connectivity index (χ4v) is 1.72. The highest BCUT2D eigenvalue weighted by atomic mass is 16.6. The average molecular weight is 267 g/mol. The molecule has 0 aliphatic rings. The molecule has 1 rings (SSSR count). The van der Waals surface area contributed by atoms with Crippen molar-refractivity contribution >= 4 is 6.09 Å². The first-order chi connectivity index (χ1) is 8.59. The Bertz CT molecular complexity index is 425. The molecule has 19 heavy (non-hydrogen) atoms. The lowest BCUT2D eigenvalue weighted by Gasteiger charge is -2.24. The summed E-state index contributed by atoms with van der Waals surface area (Å²) in [6.45, 7) is 12.5. The van der Waals surface area contributed by atoms with Crippen LogP contribution in [0.25, 0.3) is 0 Å². The first kappa shape index (κ1) is 15.5. The summed E-state index contributed by atoms with van der Waals surface area (Å²) in [6, 6.07) is 0. The molecule has 0 aliphatic carbocycles. The van der Waals surface area contributed by atoms with E-state index >= 15 is 0 Å². The van der Waals surface area contributed by atoms with Crippen LogP contribution in [-0.2, 0) is 16.7 Å². The summed E-state index contributed by atoms with van der Waals surface area (Å²) in [4.78, 5) is 15.7. The molecule has 0 atom stereocenters. The van der Waals surface area contributed by atoms with Gasteiger partial charge in [-0.3, -0.25) is 0 Å². The van der Waals surface area contributed by atoms with Crippen LogP contribution >= 0.6 is 0 Å². The topological polar surface area (TPSA) is 56.1 Å². The smallest absolute Gasteiger partial charge is 0.407 e. The molecule has 0 aliphatic heterocycles. The van der Waals surface area contributed by atoms with Gasteiger partial charge in [0, 0.05) is 30.4 Å². The summed E-state index contributed by atoms with van der Waals surface area (Å²) >= 11 is 0. The number of amides is 1. The highest BCUT2D eigenvalue weighted by Gasteiger charge is 2.17. The first-order valence-corrected chi connectivity index (χ1v) is 6.58. The fraction of sp³-hybridized carbons (Fsp3) is 0.714. The van der Waals surface area contributed by atoms with E-state index < -0.39 is 5.60 Å². The van der Waals surface area contributed by atoms with E-state index in [-0.39, 0.29) is 11.6 Å². The number of nitrogens with one attached hydrogen (secondary N) is 1. The molecule has 5 heteroatoms. The third-order valence-electron chi connectivity index (χ3n) is 2.49. The van der Waals surface area contributed by atoms with Crippen LogP contribution in [0.4, 0.5) is 4.79 Å². The Morgan fingerprint density at radius 3 is 2.47 bits per heavy atom. The van der Waals surface area contributed by atoms with Crippen molar-refractivity contribution in [2.45, 2.75) is 59.1 Å². The molecule has 1 aromatic rings. The maximum atomic E-state index is 11.5. The molecule has 0 aromatic carbocycles. The van der Waals surface area contributed by atoms with Crippen molar-refractivity contribution in [1.82, 2.24) is 14.9 Å². The molecule has 5 nitrogen and oxygen atoms in total. The second-order valence-corrected chi connectivity index (χ2v) is 6.60. The van der Waals surface area contributed by atoms with Gasteiger partial charge < -0.3 is 14.6 Å². The minimum Gasteiger partial charge on any atom is -0.444 e. The van der Waals surface area contributed by atoms with Crippen LogP contribution in [-0.4, -0.2) is 27.8 Å². The van der Waals surface area contributed by atoms with Crippen molar-refractivity contribution in [2.24, 2.45) is 0 Å². The monoisotopic (exact) mass is 267 g/mol. The minimum atomic E-state index is -0.461. The quantitative estimate of drug-likeness (QED) is 0.916. The second kappa shape index (κ2) is 5.63. The molecule has 0 radical (unpaired) electrons. The number of carbonyl (C=O) groups is 1. The Kier molecular flexibility index (Phi) is 4.61. The van der Waals surface area contributed by atoms with Crippen LogP contribution in [0.3, 0.4) is 0 Å². The predicted molar refractivity (Wildman–Crippen MR) is 75.2 cm³/mol. The van der Waals surface area contributed by atoms with E-state index in [1.807, 2.05) is 33.3 Å². The Balaban J connectivity index is 2.47. The number of hydrogen-bond acceptors (Lipinski definition) is 3. The molecule has 1 aromatic heterocycles. The Labute approximate surface area is 115 Å². The van der Waals surface area contributed by atoms with Crippen molar-refractivity contribution in [3.05, 3.63) is 18.2 Å². The van der Waals surface area contributed by atoms with E-state index in [1.54, 1.807) is 0 Å². The van der Waals surface area contributed by atoms with Gasteiger partial charge in [-0.05, 0) is 41.5 Å². The summed E-state index contributed by atoms with van der Waals surface area (Å²) in [6.07, 6.45) is 4.01. The molecule has 0 bridgehead atoms. The van der Waals surface area contributed by atoms with Crippen LogP contribution in [0.15, 0.2) is 12.5 Å². The third kappa shape index (κ3) is 5.32. The Morgan fingerprint density at radius 2 is 1.95 bits per heavy atom. The van der Waals surface area contributed by atoms with Gasteiger partial charge >= 0.3 is 6.09 Å². The second-order valence-electron chi connectivity index (χ2n) is 6.60. The predicted octanol–water partition coefficient (Wildman–Crippen LogP) is 2.71. The maximum absolute atomic E-state index is 11.5. The molecule has 1 heterocycles. The fourth-order valence-electron chi connectivity index (χ4n) is 1.72. The van der Waals surface area contributed by atoms with Gasteiger partial charge in [0.25, 0.3) is 0 Å². The standard InChI is InChI=1S/C14H25N3O2/c1-13(2,3)17-10-15-9-11(17)7-8-16-12(18)19-14(4,5)6/h9-10H,7-8H2,1-6H3,(H,16,18). The number of imidazole rings is 1. The van der Waals surface area contributed by atoms with E-state index in [9.17, 15) is 4.79 Å². The van der Waals surface area contributed by atoms with Gasteiger partial charge in [0.1, 0.15) is 5.60 Å².